The smallest absolute Gasteiger partial charge is 0.409 e. The number of hydrazone groups is 1. The number of carbonyl (C=O) groups is 2. The van der Waals surface area contributed by atoms with Crippen LogP contribution in [0.2, 0.25) is 0 Å². The number of carbonyl (C=O) groups excluding carboxylic acids is 2. The van der Waals surface area contributed by atoms with Crippen LogP contribution >= 0.6 is 11.3 Å². The Bertz CT molecular complexity index is 1650. The molecule has 4 aromatic rings. The number of amides is 2. The maximum Gasteiger partial charge on any atom is 0.409 e. The van der Waals surface area contributed by atoms with Gasteiger partial charge in [-0.25, -0.2) is 22.6 Å². The molecule has 1 fully saturated rings. The lowest BCUT2D eigenvalue weighted by molar-refractivity contribution is 0.0933. The minimum atomic E-state index is -3.86. The summed E-state index contributed by atoms with van der Waals surface area (Å²) in [4.78, 5) is 31.4. The zero-order valence-electron chi connectivity index (χ0n) is 21.3. The number of anilines is 1. The lowest BCUT2D eigenvalue weighted by Gasteiger charge is -2.33. The van der Waals surface area contributed by atoms with E-state index >= 15 is 0 Å². The Hall–Kier alpha value is -4.14. The number of piperazine rings is 1. The van der Waals surface area contributed by atoms with Crippen LogP contribution in [0.1, 0.15) is 23.0 Å². The second kappa shape index (κ2) is 11.5. The monoisotopic (exact) mass is 585 g/mol. The summed E-state index contributed by atoms with van der Waals surface area (Å²) in [5, 5.41) is 5.52. The number of benzene rings is 2. The van der Waals surface area contributed by atoms with Gasteiger partial charge in [0.1, 0.15) is 11.6 Å². The summed E-state index contributed by atoms with van der Waals surface area (Å²) in [6.07, 6.45) is 2.34. The maximum absolute atomic E-state index is 13.7. The Kier molecular flexibility index (Phi) is 7.91. The molecule has 0 saturated carbocycles. The van der Waals surface area contributed by atoms with Crippen molar-refractivity contribution in [2.75, 3.05) is 37.8 Å². The van der Waals surface area contributed by atoms with Gasteiger partial charge in [-0.2, -0.15) is 14.4 Å². The highest BCUT2D eigenvalue weighted by Crippen LogP contribution is 2.31. The van der Waals surface area contributed by atoms with Crippen LogP contribution in [0, 0.1) is 5.82 Å². The molecule has 1 aliphatic rings. The number of sulfonamides is 1. The maximum atomic E-state index is 13.7. The first-order valence-corrected chi connectivity index (χ1v) is 14.5. The van der Waals surface area contributed by atoms with Gasteiger partial charge in [0, 0.05) is 31.7 Å². The summed E-state index contributed by atoms with van der Waals surface area (Å²) in [6.45, 7) is 2.61. The highest BCUT2D eigenvalue weighted by Gasteiger charge is 2.31. The van der Waals surface area contributed by atoms with Crippen molar-refractivity contribution in [2.45, 2.75) is 11.8 Å². The zero-order chi connectivity index (χ0) is 28.3. The van der Waals surface area contributed by atoms with E-state index in [0.717, 1.165) is 16.3 Å². The quantitative estimate of drug-likeness (QED) is 0.235. The van der Waals surface area contributed by atoms with Gasteiger partial charge in [0.15, 0.2) is 0 Å². The van der Waals surface area contributed by atoms with Crippen molar-refractivity contribution in [3.63, 3.8) is 0 Å². The fourth-order valence-corrected chi connectivity index (χ4v) is 6.38. The molecule has 0 unspecified atom stereocenters. The Labute approximate surface area is 233 Å². The van der Waals surface area contributed by atoms with E-state index in [9.17, 15) is 22.4 Å². The second-order valence-electron chi connectivity index (χ2n) is 8.60. The number of nitrogens with zero attached hydrogens (tertiary/aromatic N) is 5. The number of thiazole rings is 1. The number of furan rings is 1. The van der Waals surface area contributed by atoms with Crippen LogP contribution < -0.4 is 5.01 Å². The van der Waals surface area contributed by atoms with Crippen molar-refractivity contribution in [1.82, 2.24) is 14.2 Å². The fourth-order valence-electron chi connectivity index (χ4n) is 4.01. The first kappa shape index (κ1) is 27.4. The Morgan fingerprint density at radius 2 is 1.90 bits per heavy atom. The number of fused-ring (bicyclic) bond motifs is 1. The molecule has 0 atom stereocenters. The molecule has 0 spiro atoms. The van der Waals surface area contributed by atoms with Gasteiger partial charge in [-0.05, 0) is 61.5 Å². The Balaban J connectivity index is 1.37. The van der Waals surface area contributed by atoms with Gasteiger partial charge in [-0.3, -0.25) is 4.79 Å². The van der Waals surface area contributed by atoms with Crippen LogP contribution in [0.4, 0.5) is 14.3 Å². The Morgan fingerprint density at radius 1 is 1.15 bits per heavy atom. The van der Waals surface area contributed by atoms with Crippen LogP contribution in [0.5, 0.6) is 0 Å². The first-order chi connectivity index (χ1) is 19.3. The minimum Gasteiger partial charge on any atom is -0.463 e. The average Bonchev–Trinajstić information content (AvgIpc) is 3.63. The van der Waals surface area contributed by atoms with Crippen molar-refractivity contribution >= 4 is 54.9 Å². The van der Waals surface area contributed by atoms with Crippen LogP contribution in [-0.4, -0.2) is 73.6 Å². The van der Waals surface area contributed by atoms with Crippen molar-refractivity contribution in [3.8, 4) is 0 Å². The third kappa shape index (κ3) is 5.73. The lowest BCUT2D eigenvalue weighted by Crippen LogP contribution is -2.50. The predicted octanol–water partition coefficient (Wildman–Crippen LogP) is 4.17. The van der Waals surface area contributed by atoms with Crippen LogP contribution in [0.3, 0.4) is 0 Å². The molecule has 2 aromatic heterocycles. The largest absolute Gasteiger partial charge is 0.463 e. The van der Waals surface area contributed by atoms with E-state index in [0.29, 0.717) is 16.0 Å². The summed E-state index contributed by atoms with van der Waals surface area (Å²) in [5.41, 5.74) is 0.657. The zero-order valence-corrected chi connectivity index (χ0v) is 22.9. The van der Waals surface area contributed by atoms with Gasteiger partial charge in [-0.15, -0.1) is 0 Å². The van der Waals surface area contributed by atoms with E-state index < -0.39 is 27.8 Å². The van der Waals surface area contributed by atoms with Crippen molar-refractivity contribution < 1.29 is 31.6 Å². The van der Waals surface area contributed by atoms with Crippen LogP contribution in [0.15, 0.2) is 75.3 Å². The number of hydrogen-bond donors (Lipinski definition) is 0. The van der Waals surface area contributed by atoms with Gasteiger partial charge in [0.05, 0.1) is 34.2 Å². The third-order valence-electron chi connectivity index (χ3n) is 6.06. The van der Waals surface area contributed by atoms with Gasteiger partial charge < -0.3 is 14.1 Å². The second-order valence-corrected chi connectivity index (χ2v) is 11.5. The fraction of sp³-hybridized carbons (Fsp3) is 0.231. The van der Waals surface area contributed by atoms with E-state index in [1.807, 2.05) is 0 Å². The standard InChI is InChI=1S/C26H24FN5O6S2/c1-2-37-26(34)30-11-13-31(14-12-30)40(35,36)21-8-5-18(6-9-21)24(33)32(28-17-20-4-3-15-38-20)25-29-22-10-7-19(27)16-23(22)39-25/h3-10,15-17H,2,11-14H2,1H3/b28-17+. The molecule has 1 saturated heterocycles. The summed E-state index contributed by atoms with van der Waals surface area (Å²) in [5.74, 6) is -0.609. The number of aromatic nitrogens is 1. The molecule has 14 heteroatoms. The normalized spacial score (nSPS) is 14.6. The summed E-state index contributed by atoms with van der Waals surface area (Å²) < 4.78 is 52.2. The van der Waals surface area contributed by atoms with E-state index in [-0.39, 0.29) is 48.4 Å². The molecule has 2 amide bonds. The number of hydrogen-bond acceptors (Lipinski definition) is 9. The molecule has 0 N–H and O–H groups in total. The van der Waals surface area contributed by atoms with E-state index in [1.54, 1.807) is 19.1 Å². The van der Waals surface area contributed by atoms with E-state index in [2.05, 4.69) is 10.1 Å². The summed E-state index contributed by atoms with van der Waals surface area (Å²) in [7, 11) is -3.86. The number of rotatable bonds is 7. The number of halogens is 1. The van der Waals surface area contributed by atoms with Crippen LogP contribution in [0.25, 0.3) is 10.2 Å². The van der Waals surface area contributed by atoms with Crippen molar-refractivity contribution in [3.05, 3.63) is 78.0 Å². The van der Waals surface area contributed by atoms with Gasteiger partial charge in [0.25, 0.3) is 5.91 Å². The molecule has 0 radical (unpaired) electrons. The molecule has 0 aliphatic carbocycles. The predicted molar refractivity (Wildman–Crippen MR) is 146 cm³/mol. The van der Waals surface area contributed by atoms with Gasteiger partial charge >= 0.3 is 6.09 Å². The highest BCUT2D eigenvalue weighted by molar-refractivity contribution is 7.89. The molecular formula is C26H24FN5O6S2. The molecular weight excluding hydrogens is 561 g/mol. The van der Waals surface area contributed by atoms with Gasteiger partial charge in [-0.1, -0.05) is 11.3 Å². The molecule has 11 nitrogen and oxygen atoms in total. The number of ether oxygens (including phenoxy) is 1. The molecule has 3 heterocycles. The molecule has 208 valence electrons. The van der Waals surface area contributed by atoms with Crippen molar-refractivity contribution in [1.29, 1.82) is 0 Å². The SMILES string of the molecule is CCOC(=O)N1CCN(S(=O)(=O)c2ccc(C(=O)N(/N=C/c3ccco3)c3nc4ccc(F)cc4s3)cc2)CC1. The van der Waals surface area contributed by atoms with E-state index in [4.69, 9.17) is 9.15 Å². The highest BCUT2D eigenvalue weighted by atomic mass is 32.2. The summed E-state index contributed by atoms with van der Waals surface area (Å²) in [6, 6.07) is 12.9. The minimum absolute atomic E-state index is 0.00901. The molecule has 1 aliphatic heterocycles. The first-order valence-electron chi connectivity index (χ1n) is 12.3. The van der Waals surface area contributed by atoms with E-state index in [1.165, 1.54) is 64.1 Å². The average molecular weight is 586 g/mol. The summed E-state index contributed by atoms with van der Waals surface area (Å²) >= 11 is 1.08. The Morgan fingerprint density at radius 3 is 2.58 bits per heavy atom. The topological polar surface area (TPSA) is 126 Å². The lowest BCUT2D eigenvalue weighted by atomic mass is 10.2. The third-order valence-corrected chi connectivity index (χ3v) is 8.97. The molecule has 5 rings (SSSR count). The molecule has 0 bridgehead atoms. The van der Waals surface area contributed by atoms with Crippen LogP contribution in [-0.2, 0) is 14.8 Å². The van der Waals surface area contributed by atoms with Gasteiger partial charge in [0.2, 0.25) is 15.2 Å². The molecule has 40 heavy (non-hydrogen) atoms. The molecule has 2 aromatic carbocycles. The van der Waals surface area contributed by atoms with Crippen molar-refractivity contribution in [2.24, 2.45) is 5.10 Å².